The molecule has 0 bridgehead atoms. The minimum atomic E-state index is -0.278. The number of nitrogens with zero attached hydrogens (tertiary/aromatic N) is 1. The number of aromatic nitrogens is 2. The third kappa shape index (κ3) is 3.24. The van der Waals surface area contributed by atoms with Gasteiger partial charge in [0.1, 0.15) is 11.6 Å². The predicted octanol–water partition coefficient (Wildman–Crippen LogP) is 6.86. The number of rotatable bonds is 3. The minimum Gasteiger partial charge on any atom is -0.337 e. The number of aromatic amines is 1. The fourth-order valence-electron chi connectivity index (χ4n) is 2.78. The topological polar surface area (TPSA) is 28.7 Å². The van der Waals surface area contributed by atoms with Crippen molar-refractivity contribution >= 4 is 23.2 Å². The summed E-state index contributed by atoms with van der Waals surface area (Å²) < 4.78 is 13.3. The second-order valence-electron chi connectivity index (χ2n) is 5.81. The maximum atomic E-state index is 13.3. The lowest BCUT2D eigenvalue weighted by molar-refractivity contribution is 0.628. The van der Waals surface area contributed by atoms with E-state index in [1.807, 2.05) is 36.4 Å². The summed E-state index contributed by atoms with van der Waals surface area (Å²) in [5.74, 6) is 0.390. The van der Waals surface area contributed by atoms with Crippen molar-refractivity contribution in [2.24, 2.45) is 0 Å². The zero-order valence-corrected chi connectivity index (χ0v) is 15.0. The van der Waals surface area contributed by atoms with Gasteiger partial charge in [-0.2, -0.15) is 0 Å². The lowest BCUT2D eigenvalue weighted by Gasteiger charge is -2.03. The van der Waals surface area contributed by atoms with E-state index in [2.05, 4.69) is 4.98 Å². The Morgan fingerprint density at radius 1 is 0.731 bits per heavy atom. The van der Waals surface area contributed by atoms with Crippen LogP contribution >= 0.6 is 23.2 Å². The quantitative estimate of drug-likeness (QED) is 0.411. The molecule has 1 aromatic heterocycles. The smallest absolute Gasteiger partial charge is 0.138 e. The van der Waals surface area contributed by atoms with Crippen LogP contribution in [0.5, 0.6) is 0 Å². The Morgan fingerprint density at radius 3 is 2.12 bits per heavy atom. The summed E-state index contributed by atoms with van der Waals surface area (Å²) in [4.78, 5) is 8.11. The van der Waals surface area contributed by atoms with Gasteiger partial charge < -0.3 is 4.98 Å². The molecule has 4 rings (SSSR count). The maximum absolute atomic E-state index is 13.3. The molecule has 5 heteroatoms. The number of benzene rings is 3. The largest absolute Gasteiger partial charge is 0.337 e. The molecule has 1 N–H and O–H groups in total. The van der Waals surface area contributed by atoms with Crippen molar-refractivity contribution in [3.8, 4) is 33.9 Å². The highest BCUT2D eigenvalue weighted by Crippen LogP contribution is 2.34. The van der Waals surface area contributed by atoms with Gasteiger partial charge in [0.2, 0.25) is 0 Å². The van der Waals surface area contributed by atoms with Crippen LogP contribution in [0.3, 0.4) is 0 Å². The van der Waals surface area contributed by atoms with Crippen LogP contribution in [0.4, 0.5) is 4.39 Å². The molecule has 26 heavy (non-hydrogen) atoms. The fraction of sp³-hybridized carbons (Fsp3) is 0. The summed E-state index contributed by atoms with van der Waals surface area (Å²) >= 11 is 12.2. The molecule has 0 amide bonds. The van der Waals surface area contributed by atoms with Crippen LogP contribution in [0, 0.1) is 5.82 Å². The van der Waals surface area contributed by atoms with Crippen LogP contribution in [-0.4, -0.2) is 9.97 Å². The average molecular weight is 383 g/mol. The van der Waals surface area contributed by atoms with Crippen LogP contribution in [0.15, 0.2) is 72.8 Å². The molecule has 0 saturated heterocycles. The van der Waals surface area contributed by atoms with Crippen LogP contribution < -0.4 is 0 Å². The molecule has 0 atom stereocenters. The van der Waals surface area contributed by atoms with Gasteiger partial charge in [0, 0.05) is 16.7 Å². The Morgan fingerprint density at radius 2 is 1.42 bits per heavy atom. The molecule has 0 aliphatic rings. The zero-order valence-electron chi connectivity index (χ0n) is 13.5. The van der Waals surface area contributed by atoms with Crippen molar-refractivity contribution in [1.29, 1.82) is 0 Å². The Hall–Kier alpha value is -2.62. The third-order valence-electron chi connectivity index (χ3n) is 4.08. The molecule has 1 heterocycles. The second kappa shape index (κ2) is 6.94. The van der Waals surface area contributed by atoms with Gasteiger partial charge in [-0.05, 0) is 42.5 Å². The van der Waals surface area contributed by atoms with Crippen molar-refractivity contribution in [2.75, 3.05) is 0 Å². The molecular weight excluding hydrogens is 370 g/mol. The Labute approximate surface area is 160 Å². The maximum Gasteiger partial charge on any atom is 0.138 e. The minimum absolute atomic E-state index is 0.278. The number of H-pyrrole nitrogens is 1. The molecule has 0 fully saturated rings. The highest BCUT2D eigenvalue weighted by Gasteiger charge is 2.15. The van der Waals surface area contributed by atoms with E-state index in [9.17, 15) is 4.39 Å². The molecule has 0 unspecified atom stereocenters. The number of halogens is 3. The molecule has 3 aromatic carbocycles. The zero-order chi connectivity index (χ0) is 18.1. The summed E-state index contributed by atoms with van der Waals surface area (Å²) in [6.07, 6.45) is 0. The van der Waals surface area contributed by atoms with Gasteiger partial charge in [-0.25, -0.2) is 9.37 Å². The van der Waals surface area contributed by atoms with E-state index in [1.165, 1.54) is 12.1 Å². The first-order valence-electron chi connectivity index (χ1n) is 7.98. The van der Waals surface area contributed by atoms with Crippen molar-refractivity contribution < 1.29 is 4.39 Å². The summed E-state index contributed by atoms with van der Waals surface area (Å²) in [5.41, 5.74) is 4.25. The van der Waals surface area contributed by atoms with E-state index in [-0.39, 0.29) is 5.82 Å². The third-order valence-corrected chi connectivity index (χ3v) is 4.82. The van der Waals surface area contributed by atoms with E-state index in [0.717, 1.165) is 28.1 Å². The predicted molar refractivity (Wildman–Crippen MR) is 105 cm³/mol. The summed E-state index contributed by atoms with van der Waals surface area (Å²) in [7, 11) is 0. The molecular formula is C21H13Cl2FN2. The van der Waals surface area contributed by atoms with E-state index < -0.39 is 0 Å². The Kier molecular flexibility index (Phi) is 4.49. The molecule has 2 nitrogen and oxygen atoms in total. The Balaban J connectivity index is 1.90. The van der Waals surface area contributed by atoms with Gasteiger partial charge in [-0.3, -0.25) is 0 Å². The van der Waals surface area contributed by atoms with Gasteiger partial charge in [-0.1, -0.05) is 53.5 Å². The first-order chi connectivity index (χ1) is 12.6. The normalized spacial score (nSPS) is 10.9. The molecule has 4 aromatic rings. The summed E-state index contributed by atoms with van der Waals surface area (Å²) in [6.45, 7) is 0. The Bertz CT molecular complexity index is 1060. The molecule has 0 radical (unpaired) electrons. The van der Waals surface area contributed by atoms with Crippen molar-refractivity contribution in [1.82, 2.24) is 9.97 Å². The van der Waals surface area contributed by atoms with Gasteiger partial charge >= 0.3 is 0 Å². The number of hydrogen-bond donors (Lipinski definition) is 1. The van der Waals surface area contributed by atoms with Gasteiger partial charge in [0.05, 0.1) is 21.4 Å². The van der Waals surface area contributed by atoms with Gasteiger partial charge in [0.15, 0.2) is 0 Å². The van der Waals surface area contributed by atoms with Crippen molar-refractivity contribution in [2.45, 2.75) is 0 Å². The van der Waals surface area contributed by atoms with E-state index in [0.29, 0.717) is 15.9 Å². The van der Waals surface area contributed by atoms with Gasteiger partial charge in [0.25, 0.3) is 0 Å². The van der Waals surface area contributed by atoms with E-state index in [1.54, 1.807) is 24.3 Å². The lowest BCUT2D eigenvalue weighted by atomic mass is 10.1. The lowest BCUT2D eigenvalue weighted by Crippen LogP contribution is -1.84. The van der Waals surface area contributed by atoms with Crippen molar-refractivity contribution in [3.05, 3.63) is 88.7 Å². The second-order valence-corrected chi connectivity index (χ2v) is 6.63. The van der Waals surface area contributed by atoms with Gasteiger partial charge in [-0.15, -0.1) is 0 Å². The SMILES string of the molecule is Fc1ccc(-c2[nH]c(-c3ccc(Cl)c(Cl)c3)nc2-c2ccccc2)cc1. The molecule has 0 spiro atoms. The molecule has 0 aliphatic heterocycles. The van der Waals surface area contributed by atoms with E-state index in [4.69, 9.17) is 28.2 Å². The first kappa shape index (κ1) is 16.8. The standard InChI is InChI=1S/C21H13Cl2FN2/c22-17-11-8-15(12-18(17)23)21-25-19(13-4-2-1-3-5-13)20(26-21)14-6-9-16(24)10-7-14/h1-12H,(H,25,26). The number of nitrogens with one attached hydrogen (secondary N) is 1. The van der Waals surface area contributed by atoms with Crippen LogP contribution in [0.25, 0.3) is 33.9 Å². The fourth-order valence-corrected chi connectivity index (χ4v) is 3.08. The first-order valence-corrected chi connectivity index (χ1v) is 8.74. The van der Waals surface area contributed by atoms with E-state index >= 15 is 0 Å². The average Bonchev–Trinajstić information content (AvgIpc) is 3.11. The molecule has 0 saturated carbocycles. The number of imidazole rings is 1. The summed E-state index contributed by atoms with van der Waals surface area (Å²) in [5, 5.41) is 0.953. The summed E-state index contributed by atoms with van der Waals surface area (Å²) in [6, 6.07) is 21.5. The molecule has 0 aliphatic carbocycles. The van der Waals surface area contributed by atoms with Crippen LogP contribution in [0.1, 0.15) is 0 Å². The molecule has 128 valence electrons. The van der Waals surface area contributed by atoms with Crippen molar-refractivity contribution in [3.63, 3.8) is 0 Å². The highest BCUT2D eigenvalue weighted by molar-refractivity contribution is 6.42. The van der Waals surface area contributed by atoms with Crippen LogP contribution in [-0.2, 0) is 0 Å². The number of hydrogen-bond acceptors (Lipinski definition) is 1. The highest BCUT2D eigenvalue weighted by atomic mass is 35.5. The monoisotopic (exact) mass is 382 g/mol. The van der Waals surface area contributed by atoms with Crippen LogP contribution in [0.2, 0.25) is 10.0 Å².